The van der Waals surface area contributed by atoms with Gasteiger partial charge < -0.3 is 15.2 Å². The second kappa shape index (κ2) is 4.64. The van der Waals surface area contributed by atoms with Gasteiger partial charge in [0, 0.05) is 12.6 Å². The average Bonchev–Trinajstić information content (AvgIpc) is 3.00. The molecule has 2 N–H and O–H groups in total. The highest BCUT2D eigenvalue weighted by atomic mass is 16.5. The number of rotatable bonds is 5. The Bertz CT molecular complexity index is 318. The molecule has 0 bridgehead atoms. The van der Waals surface area contributed by atoms with Crippen LogP contribution in [-0.2, 0) is 14.3 Å². The summed E-state index contributed by atoms with van der Waals surface area (Å²) < 4.78 is 5.45. The minimum Gasteiger partial charge on any atom is -0.481 e. The van der Waals surface area contributed by atoms with Gasteiger partial charge in [-0.15, -0.1) is 0 Å². The van der Waals surface area contributed by atoms with Gasteiger partial charge in [-0.2, -0.15) is 0 Å². The highest BCUT2D eigenvalue weighted by Crippen LogP contribution is 2.35. The molecule has 5 heteroatoms. The van der Waals surface area contributed by atoms with E-state index in [2.05, 4.69) is 5.32 Å². The first kappa shape index (κ1) is 12.4. The molecule has 1 saturated heterocycles. The van der Waals surface area contributed by atoms with Gasteiger partial charge in [-0.05, 0) is 38.5 Å². The average molecular weight is 241 g/mol. The van der Waals surface area contributed by atoms with E-state index in [9.17, 15) is 9.59 Å². The fourth-order valence-electron chi connectivity index (χ4n) is 2.30. The Labute approximate surface area is 101 Å². The van der Waals surface area contributed by atoms with E-state index in [1.165, 1.54) is 0 Å². The summed E-state index contributed by atoms with van der Waals surface area (Å²) in [7, 11) is 0. The smallest absolute Gasteiger partial charge is 0.305 e. The third-order valence-electron chi connectivity index (χ3n) is 3.60. The molecule has 1 heterocycles. The Kier molecular flexibility index (Phi) is 3.38. The predicted molar refractivity (Wildman–Crippen MR) is 60.5 cm³/mol. The number of carbonyl (C=O) groups excluding carboxylic acids is 1. The number of carboxylic acid groups (broad SMARTS) is 1. The van der Waals surface area contributed by atoms with E-state index in [-0.39, 0.29) is 18.4 Å². The molecule has 1 amide bonds. The maximum absolute atomic E-state index is 12.1. The van der Waals surface area contributed by atoms with Crippen LogP contribution in [0.5, 0.6) is 0 Å². The molecule has 96 valence electrons. The molecule has 0 aromatic carbocycles. The molecule has 2 unspecified atom stereocenters. The predicted octanol–water partition coefficient (Wildman–Crippen LogP) is 0.925. The van der Waals surface area contributed by atoms with E-state index in [0.717, 1.165) is 19.3 Å². The van der Waals surface area contributed by atoms with Gasteiger partial charge in [0.05, 0.1) is 6.42 Å². The topological polar surface area (TPSA) is 75.6 Å². The summed E-state index contributed by atoms with van der Waals surface area (Å²) in [5.74, 6) is -0.687. The largest absolute Gasteiger partial charge is 0.481 e. The van der Waals surface area contributed by atoms with Crippen molar-refractivity contribution >= 4 is 11.9 Å². The van der Waals surface area contributed by atoms with Crippen molar-refractivity contribution in [2.75, 3.05) is 6.61 Å². The van der Waals surface area contributed by atoms with Gasteiger partial charge in [0.25, 0.3) is 5.91 Å². The molecule has 0 spiro atoms. The Morgan fingerprint density at radius 2 is 2.24 bits per heavy atom. The molecule has 2 atom stereocenters. The number of aliphatic carboxylic acids is 1. The van der Waals surface area contributed by atoms with Crippen molar-refractivity contribution in [3.8, 4) is 0 Å². The fraction of sp³-hybridized carbons (Fsp3) is 0.833. The van der Waals surface area contributed by atoms with Crippen molar-refractivity contribution in [3.63, 3.8) is 0 Å². The lowest BCUT2D eigenvalue weighted by Crippen LogP contribution is -2.49. The Hall–Kier alpha value is -1.10. The van der Waals surface area contributed by atoms with Gasteiger partial charge in [0.15, 0.2) is 0 Å². The molecule has 0 aromatic heterocycles. The zero-order chi connectivity index (χ0) is 12.5. The minimum atomic E-state index is -0.861. The molecule has 1 saturated carbocycles. The summed E-state index contributed by atoms with van der Waals surface area (Å²) in [6.45, 7) is 2.39. The third kappa shape index (κ3) is 2.97. The fourth-order valence-corrected chi connectivity index (χ4v) is 2.30. The first-order chi connectivity index (χ1) is 8.01. The molecule has 0 aromatic rings. The summed E-state index contributed by atoms with van der Waals surface area (Å²) >= 11 is 0. The Morgan fingerprint density at radius 1 is 1.53 bits per heavy atom. The number of hydrogen-bond acceptors (Lipinski definition) is 3. The van der Waals surface area contributed by atoms with Crippen LogP contribution in [0.3, 0.4) is 0 Å². The monoisotopic (exact) mass is 241 g/mol. The van der Waals surface area contributed by atoms with Crippen molar-refractivity contribution < 1.29 is 19.4 Å². The van der Waals surface area contributed by atoms with Gasteiger partial charge in [0.1, 0.15) is 5.60 Å². The standard InChI is InChI=1S/C12H19NO4/c1-12(5-2-6-17-12)11(16)13-9(7-10(14)15)8-3-4-8/h8-9H,2-7H2,1H3,(H,13,16)(H,14,15). The van der Waals surface area contributed by atoms with Crippen molar-refractivity contribution in [3.05, 3.63) is 0 Å². The van der Waals surface area contributed by atoms with Gasteiger partial charge in [0.2, 0.25) is 0 Å². The van der Waals surface area contributed by atoms with E-state index < -0.39 is 11.6 Å². The molecule has 2 aliphatic rings. The zero-order valence-corrected chi connectivity index (χ0v) is 10.1. The number of carbonyl (C=O) groups is 2. The van der Waals surface area contributed by atoms with Crippen LogP contribution < -0.4 is 5.32 Å². The molecule has 1 aliphatic carbocycles. The van der Waals surface area contributed by atoms with Crippen LogP contribution >= 0.6 is 0 Å². The van der Waals surface area contributed by atoms with Crippen molar-refractivity contribution in [2.24, 2.45) is 5.92 Å². The molecular weight excluding hydrogens is 222 g/mol. The molecular formula is C12H19NO4. The molecule has 2 fully saturated rings. The number of carboxylic acids is 1. The highest BCUT2D eigenvalue weighted by molar-refractivity contribution is 5.85. The second-order valence-corrected chi connectivity index (χ2v) is 5.20. The van der Waals surface area contributed by atoms with E-state index in [0.29, 0.717) is 18.9 Å². The van der Waals surface area contributed by atoms with Crippen LogP contribution in [0.1, 0.15) is 39.0 Å². The molecule has 5 nitrogen and oxygen atoms in total. The lowest BCUT2D eigenvalue weighted by molar-refractivity contribution is -0.142. The number of ether oxygens (including phenoxy) is 1. The molecule has 2 rings (SSSR count). The number of hydrogen-bond donors (Lipinski definition) is 2. The van der Waals surface area contributed by atoms with Crippen molar-refractivity contribution in [1.82, 2.24) is 5.32 Å². The van der Waals surface area contributed by atoms with Crippen LogP contribution in [-0.4, -0.2) is 35.2 Å². The Morgan fingerprint density at radius 3 is 2.71 bits per heavy atom. The minimum absolute atomic E-state index is 0.00644. The summed E-state index contributed by atoms with van der Waals surface area (Å²) in [6, 6.07) is -0.235. The zero-order valence-electron chi connectivity index (χ0n) is 10.1. The maximum atomic E-state index is 12.1. The van der Waals surface area contributed by atoms with E-state index in [1.54, 1.807) is 6.92 Å². The third-order valence-corrected chi connectivity index (χ3v) is 3.60. The van der Waals surface area contributed by atoms with Crippen LogP contribution in [0.2, 0.25) is 0 Å². The Balaban J connectivity index is 1.92. The summed E-state index contributed by atoms with van der Waals surface area (Å²) in [5, 5.41) is 11.7. The summed E-state index contributed by atoms with van der Waals surface area (Å²) in [4.78, 5) is 22.8. The molecule has 0 radical (unpaired) electrons. The normalized spacial score (nSPS) is 29.9. The van der Waals surface area contributed by atoms with Crippen molar-refractivity contribution in [2.45, 2.75) is 50.7 Å². The van der Waals surface area contributed by atoms with Crippen LogP contribution in [0.25, 0.3) is 0 Å². The van der Waals surface area contributed by atoms with E-state index >= 15 is 0 Å². The van der Waals surface area contributed by atoms with Crippen LogP contribution in [0, 0.1) is 5.92 Å². The number of amides is 1. The maximum Gasteiger partial charge on any atom is 0.305 e. The van der Waals surface area contributed by atoms with Gasteiger partial charge in [-0.25, -0.2) is 0 Å². The lowest BCUT2D eigenvalue weighted by Gasteiger charge is -2.25. The molecule has 1 aliphatic heterocycles. The van der Waals surface area contributed by atoms with E-state index in [1.807, 2.05) is 0 Å². The van der Waals surface area contributed by atoms with Gasteiger partial charge in [-0.1, -0.05) is 0 Å². The van der Waals surface area contributed by atoms with Crippen LogP contribution in [0.15, 0.2) is 0 Å². The number of nitrogens with one attached hydrogen (secondary N) is 1. The SMILES string of the molecule is CC1(C(=O)NC(CC(=O)O)C2CC2)CCCO1. The first-order valence-electron chi connectivity index (χ1n) is 6.18. The lowest BCUT2D eigenvalue weighted by atomic mass is 10.00. The van der Waals surface area contributed by atoms with Gasteiger partial charge >= 0.3 is 5.97 Å². The first-order valence-corrected chi connectivity index (χ1v) is 6.18. The van der Waals surface area contributed by atoms with Gasteiger partial charge in [-0.3, -0.25) is 9.59 Å². The van der Waals surface area contributed by atoms with E-state index in [4.69, 9.17) is 9.84 Å². The van der Waals surface area contributed by atoms with Crippen molar-refractivity contribution in [1.29, 1.82) is 0 Å². The summed E-state index contributed by atoms with van der Waals surface area (Å²) in [5.41, 5.74) is -0.758. The second-order valence-electron chi connectivity index (χ2n) is 5.20. The highest BCUT2D eigenvalue weighted by Gasteiger charge is 2.41. The van der Waals surface area contributed by atoms with Crippen LogP contribution in [0.4, 0.5) is 0 Å². The quantitative estimate of drug-likeness (QED) is 0.750. The molecule has 17 heavy (non-hydrogen) atoms. The summed E-state index contributed by atoms with van der Waals surface area (Å²) in [6.07, 6.45) is 3.62.